The number of methoxy groups -OCH3 is 2. The standard InChI is InChI=1S/C16H22N2O2/c1-6-17-13-9-12(10(2)3)18-14-7-11(19-4)8-15(20-5)16(13)14/h7-10H,6H2,1-5H3,(H,17,18). The molecule has 2 aromatic rings. The topological polar surface area (TPSA) is 43.4 Å². The third-order valence-electron chi connectivity index (χ3n) is 3.28. The number of aromatic nitrogens is 1. The van der Waals surface area contributed by atoms with Crippen LogP contribution < -0.4 is 14.8 Å². The van der Waals surface area contributed by atoms with Crippen LogP contribution in [0.5, 0.6) is 11.5 Å². The van der Waals surface area contributed by atoms with Gasteiger partial charge in [0.2, 0.25) is 0 Å². The summed E-state index contributed by atoms with van der Waals surface area (Å²) < 4.78 is 10.8. The average Bonchev–Trinajstić information content (AvgIpc) is 2.45. The van der Waals surface area contributed by atoms with Gasteiger partial charge in [-0.2, -0.15) is 0 Å². The molecule has 4 heteroatoms. The van der Waals surface area contributed by atoms with Gasteiger partial charge in [0.25, 0.3) is 0 Å². The van der Waals surface area contributed by atoms with Crippen LogP contribution in [0.25, 0.3) is 10.9 Å². The molecule has 0 spiro atoms. The highest BCUT2D eigenvalue weighted by molar-refractivity contribution is 5.97. The molecule has 0 fully saturated rings. The van der Waals surface area contributed by atoms with Crippen LogP contribution in [0.1, 0.15) is 32.4 Å². The summed E-state index contributed by atoms with van der Waals surface area (Å²) in [6.07, 6.45) is 0. The van der Waals surface area contributed by atoms with E-state index in [0.29, 0.717) is 5.92 Å². The van der Waals surface area contributed by atoms with Crippen molar-refractivity contribution in [3.05, 3.63) is 23.9 Å². The molecule has 1 aromatic heterocycles. The molecule has 0 atom stereocenters. The van der Waals surface area contributed by atoms with Crippen molar-refractivity contribution in [3.63, 3.8) is 0 Å². The van der Waals surface area contributed by atoms with Crippen molar-refractivity contribution in [2.24, 2.45) is 0 Å². The van der Waals surface area contributed by atoms with Gasteiger partial charge in [-0.05, 0) is 18.9 Å². The third-order valence-corrected chi connectivity index (χ3v) is 3.28. The predicted octanol–water partition coefficient (Wildman–Crippen LogP) is 3.81. The van der Waals surface area contributed by atoms with E-state index in [1.807, 2.05) is 12.1 Å². The van der Waals surface area contributed by atoms with Crippen molar-refractivity contribution in [3.8, 4) is 11.5 Å². The van der Waals surface area contributed by atoms with Crippen LogP contribution in [0, 0.1) is 0 Å². The van der Waals surface area contributed by atoms with E-state index in [9.17, 15) is 0 Å². The SMILES string of the molecule is CCNc1cc(C(C)C)nc2cc(OC)cc(OC)c12. The quantitative estimate of drug-likeness (QED) is 0.900. The third kappa shape index (κ3) is 2.64. The minimum Gasteiger partial charge on any atom is -0.497 e. The number of nitrogens with one attached hydrogen (secondary N) is 1. The largest absolute Gasteiger partial charge is 0.497 e. The molecule has 4 nitrogen and oxygen atoms in total. The van der Waals surface area contributed by atoms with E-state index in [1.165, 1.54) is 0 Å². The molecule has 0 bridgehead atoms. The van der Waals surface area contributed by atoms with E-state index in [2.05, 4.69) is 32.2 Å². The fourth-order valence-electron chi connectivity index (χ4n) is 2.23. The molecule has 0 radical (unpaired) electrons. The molecule has 108 valence electrons. The van der Waals surface area contributed by atoms with Crippen molar-refractivity contribution in [1.82, 2.24) is 4.98 Å². The summed E-state index contributed by atoms with van der Waals surface area (Å²) in [6.45, 7) is 7.21. The first-order valence-corrected chi connectivity index (χ1v) is 6.91. The Hall–Kier alpha value is -1.97. The monoisotopic (exact) mass is 274 g/mol. The van der Waals surface area contributed by atoms with Gasteiger partial charge in [0.05, 0.1) is 25.1 Å². The van der Waals surface area contributed by atoms with E-state index < -0.39 is 0 Å². The fraction of sp³-hybridized carbons (Fsp3) is 0.438. The zero-order chi connectivity index (χ0) is 14.7. The zero-order valence-corrected chi connectivity index (χ0v) is 12.8. The van der Waals surface area contributed by atoms with Crippen molar-refractivity contribution in [1.29, 1.82) is 0 Å². The molecule has 0 unspecified atom stereocenters. The Bertz CT molecular complexity index is 609. The number of pyridine rings is 1. The van der Waals surface area contributed by atoms with Crippen LogP contribution in [0.4, 0.5) is 5.69 Å². The molecule has 1 heterocycles. The molecule has 0 amide bonds. The number of hydrogen-bond acceptors (Lipinski definition) is 4. The number of rotatable bonds is 5. The van der Waals surface area contributed by atoms with E-state index in [-0.39, 0.29) is 0 Å². The Kier molecular flexibility index (Phi) is 4.32. The lowest BCUT2D eigenvalue weighted by molar-refractivity contribution is 0.398. The number of benzene rings is 1. The summed E-state index contributed by atoms with van der Waals surface area (Å²) >= 11 is 0. The molecule has 1 N–H and O–H groups in total. The number of fused-ring (bicyclic) bond motifs is 1. The second-order valence-electron chi connectivity index (χ2n) is 5.00. The van der Waals surface area contributed by atoms with Gasteiger partial charge >= 0.3 is 0 Å². The van der Waals surface area contributed by atoms with E-state index in [1.54, 1.807) is 14.2 Å². The molecule has 0 aliphatic heterocycles. The maximum absolute atomic E-state index is 5.50. The predicted molar refractivity (Wildman–Crippen MR) is 83.1 cm³/mol. The summed E-state index contributed by atoms with van der Waals surface area (Å²) in [7, 11) is 3.32. The Labute approximate surface area is 120 Å². The summed E-state index contributed by atoms with van der Waals surface area (Å²) in [6, 6.07) is 5.94. The van der Waals surface area contributed by atoms with Gasteiger partial charge in [-0.3, -0.25) is 4.98 Å². The number of anilines is 1. The van der Waals surface area contributed by atoms with Gasteiger partial charge in [-0.25, -0.2) is 0 Å². The average molecular weight is 274 g/mol. The smallest absolute Gasteiger partial charge is 0.134 e. The summed E-state index contributed by atoms with van der Waals surface area (Å²) in [5.41, 5.74) is 3.01. The highest BCUT2D eigenvalue weighted by Gasteiger charge is 2.14. The maximum Gasteiger partial charge on any atom is 0.134 e. The van der Waals surface area contributed by atoms with E-state index >= 15 is 0 Å². The first kappa shape index (κ1) is 14.4. The minimum absolute atomic E-state index is 0.369. The Morgan fingerprint density at radius 1 is 1.15 bits per heavy atom. The van der Waals surface area contributed by atoms with Gasteiger partial charge in [0, 0.05) is 30.1 Å². The molecule has 20 heavy (non-hydrogen) atoms. The van der Waals surface area contributed by atoms with Crippen LogP contribution in [-0.2, 0) is 0 Å². The van der Waals surface area contributed by atoms with Gasteiger partial charge < -0.3 is 14.8 Å². The summed E-state index contributed by atoms with van der Waals surface area (Å²) in [5, 5.41) is 4.40. The number of nitrogens with zero attached hydrogens (tertiary/aromatic N) is 1. The second-order valence-corrected chi connectivity index (χ2v) is 5.00. The van der Waals surface area contributed by atoms with Crippen molar-refractivity contribution < 1.29 is 9.47 Å². The molecule has 0 saturated carbocycles. The second kappa shape index (κ2) is 5.99. The van der Waals surface area contributed by atoms with Gasteiger partial charge in [-0.1, -0.05) is 13.8 Å². The van der Waals surface area contributed by atoms with Crippen LogP contribution in [-0.4, -0.2) is 25.7 Å². The van der Waals surface area contributed by atoms with E-state index in [0.717, 1.165) is 40.3 Å². The lowest BCUT2D eigenvalue weighted by Gasteiger charge is -2.16. The van der Waals surface area contributed by atoms with Crippen molar-refractivity contribution in [2.75, 3.05) is 26.1 Å². The summed E-state index contributed by atoms with van der Waals surface area (Å²) in [5.74, 6) is 1.90. The lowest BCUT2D eigenvalue weighted by Crippen LogP contribution is -2.03. The van der Waals surface area contributed by atoms with Crippen molar-refractivity contribution in [2.45, 2.75) is 26.7 Å². The molecular weight excluding hydrogens is 252 g/mol. The zero-order valence-electron chi connectivity index (χ0n) is 12.8. The Morgan fingerprint density at radius 2 is 1.90 bits per heavy atom. The highest BCUT2D eigenvalue weighted by atomic mass is 16.5. The minimum atomic E-state index is 0.369. The normalized spacial score (nSPS) is 10.9. The molecule has 0 aliphatic rings. The van der Waals surface area contributed by atoms with Crippen LogP contribution >= 0.6 is 0 Å². The molecule has 2 rings (SSSR count). The van der Waals surface area contributed by atoms with Gasteiger partial charge in [0.1, 0.15) is 11.5 Å². The molecule has 1 aromatic carbocycles. The number of hydrogen-bond donors (Lipinski definition) is 1. The van der Waals surface area contributed by atoms with Gasteiger partial charge in [-0.15, -0.1) is 0 Å². The van der Waals surface area contributed by atoms with Crippen LogP contribution in [0.15, 0.2) is 18.2 Å². The maximum atomic E-state index is 5.50. The van der Waals surface area contributed by atoms with Crippen LogP contribution in [0.2, 0.25) is 0 Å². The Balaban J connectivity index is 2.77. The Morgan fingerprint density at radius 3 is 2.45 bits per heavy atom. The molecule has 0 aliphatic carbocycles. The highest BCUT2D eigenvalue weighted by Crippen LogP contribution is 2.36. The van der Waals surface area contributed by atoms with Gasteiger partial charge in [0.15, 0.2) is 0 Å². The fourth-order valence-corrected chi connectivity index (χ4v) is 2.23. The van der Waals surface area contributed by atoms with E-state index in [4.69, 9.17) is 14.5 Å². The molecule has 0 saturated heterocycles. The first-order chi connectivity index (χ1) is 9.60. The van der Waals surface area contributed by atoms with Crippen molar-refractivity contribution >= 4 is 16.6 Å². The first-order valence-electron chi connectivity index (χ1n) is 6.91. The van der Waals surface area contributed by atoms with Crippen LogP contribution in [0.3, 0.4) is 0 Å². The molecular formula is C16H22N2O2. The number of ether oxygens (including phenoxy) is 2. The summed E-state index contributed by atoms with van der Waals surface area (Å²) in [4.78, 5) is 4.73. The lowest BCUT2D eigenvalue weighted by atomic mass is 10.1.